The van der Waals surface area contributed by atoms with Crippen LogP contribution >= 0.6 is 23.4 Å². The second-order valence-corrected chi connectivity index (χ2v) is 9.33. The molecule has 186 valence electrons. The molecule has 0 radical (unpaired) electrons. The molecule has 2 heterocycles. The zero-order chi connectivity index (χ0) is 25.8. The van der Waals surface area contributed by atoms with Crippen LogP contribution in [0.5, 0.6) is 11.5 Å². The highest BCUT2D eigenvalue weighted by molar-refractivity contribution is 7.98. The highest BCUT2D eigenvalue weighted by Crippen LogP contribution is 2.31. The molecule has 0 aliphatic rings. The Morgan fingerprint density at radius 1 is 1.00 bits per heavy atom. The summed E-state index contributed by atoms with van der Waals surface area (Å²) in [6.45, 7) is 5.76. The summed E-state index contributed by atoms with van der Waals surface area (Å²) in [6.07, 6.45) is 0. The second-order valence-electron chi connectivity index (χ2n) is 7.98. The van der Waals surface area contributed by atoms with Gasteiger partial charge in [-0.2, -0.15) is 0 Å². The van der Waals surface area contributed by atoms with Crippen molar-refractivity contribution in [1.82, 2.24) is 25.0 Å². The molecule has 11 heteroatoms. The van der Waals surface area contributed by atoms with Crippen molar-refractivity contribution < 1.29 is 14.3 Å². The Morgan fingerprint density at radius 3 is 2.39 bits per heavy atom. The average Bonchev–Trinajstić information content (AvgIpc) is 3.28. The SMILES string of the molecule is COc1ccc(NC(=O)c2nnn(-c3ccc(C)c(Cl)c3)c2CSc2nc(C)cc(C)n2)cc1OC. The number of aryl methyl sites for hydroxylation is 3. The minimum atomic E-state index is -0.413. The van der Waals surface area contributed by atoms with Gasteiger partial charge in [0.15, 0.2) is 22.3 Å². The van der Waals surface area contributed by atoms with E-state index in [1.807, 2.05) is 39.0 Å². The molecule has 0 unspecified atom stereocenters. The number of aromatic nitrogens is 5. The minimum Gasteiger partial charge on any atom is -0.493 e. The van der Waals surface area contributed by atoms with E-state index in [1.54, 1.807) is 36.1 Å². The molecule has 0 aliphatic carbocycles. The number of amides is 1. The van der Waals surface area contributed by atoms with E-state index >= 15 is 0 Å². The molecule has 4 rings (SSSR count). The number of hydrogen-bond donors (Lipinski definition) is 1. The highest BCUT2D eigenvalue weighted by atomic mass is 35.5. The minimum absolute atomic E-state index is 0.179. The van der Waals surface area contributed by atoms with Gasteiger partial charge >= 0.3 is 0 Å². The van der Waals surface area contributed by atoms with Crippen molar-refractivity contribution in [3.63, 3.8) is 0 Å². The topological polar surface area (TPSA) is 104 Å². The summed E-state index contributed by atoms with van der Waals surface area (Å²) in [6, 6.07) is 12.6. The molecule has 0 saturated heterocycles. The van der Waals surface area contributed by atoms with E-state index < -0.39 is 5.91 Å². The number of thioether (sulfide) groups is 1. The number of carbonyl (C=O) groups excluding carboxylic acids is 1. The van der Waals surface area contributed by atoms with E-state index in [1.165, 1.54) is 18.9 Å². The number of nitrogens with one attached hydrogen (secondary N) is 1. The van der Waals surface area contributed by atoms with Crippen LogP contribution in [0.1, 0.15) is 33.1 Å². The van der Waals surface area contributed by atoms with Gasteiger partial charge in [-0.15, -0.1) is 5.10 Å². The van der Waals surface area contributed by atoms with Crippen LogP contribution in [0, 0.1) is 20.8 Å². The fourth-order valence-electron chi connectivity index (χ4n) is 3.52. The summed E-state index contributed by atoms with van der Waals surface area (Å²) in [5.74, 6) is 0.999. The molecule has 0 atom stereocenters. The van der Waals surface area contributed by atoms with Gasteiger partial charge in [-0.1, -0.05) is 34.6 Å². The number of carbonyl (C=O) groups is 1. The lowest BCUT2D eigenvalue weighted by Gasteiger charge is -2.11. The summed E-state index contributed by atoms with van der Waals surface area (Å²) in [4.78, 5) is 22.3. The number of halogens is 1. The van der Waals surface area contributed by atoms with Crippen LogP contribution in [-0.4, -0.2) is 45.1 Å². The van der Waals surface area contributed by atoms with Gasteiger partial charge in [-0.3, -0.25) is 4.79 Å². The summed E-state index contributed by atoms with van der Waals surface area (Å²) >= 11 is 7.76. The van der Waals surface area contributed by atoms with Crippen LogP contribution in [0.3, 0.4) is 0 Å². The van der Waals surface area contributed by atoms with Crippen LogP contribution in [0.4, 0.5) is 5.69 Å². The van der Waals surface area contributed by atoms with Crippen molar-refractivity contribution in [3.05, 3.63) is 75.8 Å². The zero-order valence-corrected chi connectivity index (χ0v) is 22.1. The molecule has 0 aliphatic heterocycles. The average molecular weight is 525 g/mol. The number of hydrogen-bond acceptors (Lipinski definition) is 8. The number of rotatable bonds is 8. The number of nitrogens with zero attached hydrogens (tertiary/aromatic N) is 5. The van der Waals surface area contributed by atoms with Crippen molar-refractivity contribution >= 4 is 35.0 Å². The summed E-state index contributed by atoms with van der Waals surface area (Å²) in [7, 11) is 3.08. The Hall–Kier alpha value is -3.63. The standard InChI is InChI=1S/C25H25ClN6O3S/c1-14-6-8-18(12-19(14)26)32-20(13-36-25-27-15(2)10-16(3)28-25)23(30-31-32)24(33)29-17-7-9-21(34-4)22(11-17)35-5/h6-12H,13H2,1-5H3,(H,29,33). The number of anilines is 1. The molecule has 2 aromatic carbocycles. The largest absolute Gasteiger partial charge is 0.493 e. The predicted octanol–water partition coefficient (Wildman–Crippen LogP) is 5.20. The van der Waals surface area contributed by atoms with Crippen molar-refractivity contribution in [3.8, 4) is 17.2 Å². The maximum absolute atomic E-state index is 13.3. The monoisotopic (exact) mass is 524 g/mol. The maximum atomic E-state index is 13.3. The van der Waals surface area contributed by atoms with Crippen molar-refractivity contribution in [2.45, 2.75) is 31.7 Å². The second kappa shape index (κ2) is 11.0. The first-order valence-corrected chi connectivity index (χ1v) is 12.3. The Balaban J connectivity index is 1.69. The molecule has 0 saturated carbocycles. The van der Waals surface area contributed by atoms with E-state index in [4.69, 9.17) is 21.1 Å². The number of benzene rings is 2. The van der Waals surface area contributed by atoms with Crippen LogP contribution < -0.4 is 14.8 Å². The van der Waals surface area contributed by atoms with Gasteiger partial charge in [0.25, 0.3) is 5.91 Å². The lowest BCUT2D eigenvalue weighted by atomic mass is 10.2. The fourth-order valence-corrected chi connectivity index (χ4v) is 4.64. The summed E-state index contributed by atoms with van der Waals surface area (Å²) in [5.41, 5.74) is 4.66. The predicted molar refractivity (Wildman–Crippen MR) is 140 cm³/mol. The van der Waals surface area contributed by atoms with E-state index in [9.17, 15) is 4.79 Å². The Bertz CT molecular complexity index is 1400. The van der Waals surface area contributed by atoms with Gasteiger partial charge in [0, 0.05) is 33.9 Å². The van der Waals surface area contributed by atoms with Crippen LogP contribution in [0.25, 0.3) is 5.69 Å². The normalized spacial score (nSPS) is 10.8. The van der Waals surface area contributed by atoms with Gasteiger partial charge in [0.2, 0.25) is 0 Å². The zero-order valence-electron chi connectivity index (χ0n) is 20.5. The van der Waals surface area contributed by atoms with Gasteiger partial charge < -0.3 is 14.8 Å². The molecule has 36 heavy (non-hydrogen) atoms. The van der Waals surface area contributed by atoms with Gasteiger partial charge in [0.05, 0.1) is 25.6 Å². The Morgan fingerprint density at radius 2 is 1.72 bits per heavy atom. The van der Waals surface area contributed by atoms with Crippen molar-refractivity contribution in [2.24, 2.45) is 0 Å². The first-order valence-electron chi connectivity index (χ1n) is 11.0. The van der Waals surface area contributed by atoms with Crippen molar-refractivity contribution in [2.75, 3.05) is 19.5 Å². The molecule has 9 nitrogen and oxygen atoms in total. The fraction of sp³-hybridized carbons (Fsp3) is 0.240. The number of ether oxygens (including phenoxy) is 2. The molecule has 0 fully saturated rings. The lowest BCUT2D eigenvalue weighted by Crippen LogP contribution is -2.15. The highest BCUT2D eigenvalue weighted by Gasteiger charge is 2.22. The van der Waals surface area contributed by atoms with E-state index in [0.29, 0.717) is 44.5 Å². The third kappa shape index (κ3) is 5.60. The smallest absolute Gasteiger partial charge is 0.278 e. The summed E-state index contributed by atoms with van der Waals surface area (Å²) < 4.78 is 12.2. The first-order chi connectivity index (χ1) is 17.3. The van der Waals surface area contributed by atoms with E-state index in [-0.39, 0.29) is 5.69 Å². The molecule has 0 bridgehead atoms. The van der Waals surface area contributed by atoms with Crippen molar-refractivity contribution in [1.29, 1.82) is 0 Å². The van der Waals surface area contributed by atoms with Crippen LogP contribution in [0.15, 0.2) is 47.6 Å². The van der Waals surface area contributed by atoms with E-state index in [0.717, 1.165) is 17.0 Å². The van der Waals surface area contributed by atoms with Crippen LogP contribution in [0.2, 0.25) is 5.02 Å². The molecule has 4 aromatic rings. The third-order valence-corrected chi connectivity index (χ3v) is 6.59. The summed E-state index contributed by atoms with van der Waals surface area (Å²) in [5, 5.41) is 12.6. The molecular formula is C25H25ClN6O3S. The van der Waals surface area contributed by atoms with Gasteiger partial charge in [-0.25, -0.2) is 14.6 Å². The van der Waals surface area contributed by atoms with Gasteiger partial charge in [-0.05, 0) is 56.7 Å². The molecule has 1 amide bonds. The molecule has 0 spiro atoms. The van der Waals surface area contributed by atoms with E-state index in [2.05, 4.69) is 25.6 Å². The maximum Gasteiger partial charge on any atom is 0.278 e. The third-order valence-electron chi connectivity index (χ3n) is 5.32. The van der Waals surface area contributed by atoms with Crippen LogP contribution in [-0.2, 0) is 5.75 Å². The molecule has 1 N–H and O–H groups in total. The van der Waals surface area contributed by atoms with Gasteiger partial charge in [0.1, 0.15) is 0 Å². The quantitative estimate of drug-likeness (QED) is 0.248. The Kier molecular flexibility index (Phi) is 7.76. The first kappa shape index (κ1) is 25.5. The Labute approximate surface area is 218 Å². The molecule has 2 aromatic heterocycles. The number of methoxy groups -OCH3 is 2. The molecular weight excluding hydrogens is 500 g/mol. The lowest BCUT2D eigenvalue weighted by molar-refractivity contribution is 0.102.